The van der Waals surface area contributed by atoms with Crippen LogP contribution in [0, 0.1) is 0 Å². The van der Waals surface area contributed by atoms with Gasteiger partial charge >= 0.3 is 5.97 Å². The van der Waals surface area contributed by atoms with E-state index in [0.717, 1.165) is 17.9 Å². The molecule has 3 N–H and O–H groups in total. The van der Waals surface area contributed by atoms with Gasteiger partial charge < -0.3 is 34.3 Å². The Morgan fingerprint density at radius 3 is 2.80 bits per heavy atom. The summed E-state index contributed by atoms with van der Waals surface area (Å²) in [7, 11) is 0. The number of nitrogens with zero attached hydrogens (tertiary/aromatic N) is 2. The van der Waals surface area contributed by atoms with E-state index in [2.05, 4.69) is 5.32 Å². The molecule has 208 valence electrons. The molecule has 1 aliphatic carbocycles. The number of carbonyl (C=O) groups excluding carboxylic acids is 2. The van der Waals surface area contributed by atoms with Crippen molar-refractivity contribution in [3.05, 3.63) is 50.3 Å². The number of aliphatic hydroxyl groups is 2. The second-order valence-electron chi connectivity index (χ2n) is 10.9. The molecule has 0 fully saturated rings. The van der Waals surface area contributed by atoms with E-state index >= 15 is 0 Å². The molecule has 1 unspecified atom stereocenters. The Morgan fingerprint density at radius 1 is 1.25 bits per heavy atom. The predicted molar refractivity (Wildman–Crippen MR) is 136 cm³/mol. The van der Waals surface area contributed by atoms with Crippen molar-refractivity contribution in [2.45, 2.75) is 63.6 Å². The van der Waals surface area contributed by atoms with Crippen molar-refractivity contribution in [1.82, 2.24) is 14.9 Å². The molecule has 12 heteroatoms. The van der Waals surface area contributed by atoms with Gasteiger partial charge in [-0.25, -0.2) is 14.2 Å². The second-order valence-corrected chi connectivity index (χ2v) is 10.9. The third-order valence-corrected chi connectivity index (χ3v) is 8.56. The fourth-order valence-electron chi connectivity index (χ4n) is 6.31. The van der Waals surface area contributed by atoms with Gasteiger partial charge in [0.25, 0.3) is 11.5 Å². The molecular formula is C28H26FN3O8. The molecule has 0 bridgehead atoms. The number of aromatic nitrogens is 2. The van der Waals surface area contributed by atoms with Crippen molar-refractivity contribution in [2.75, 3.05) is 13.4 Å². The van der Waals surface area contributed by atoms with Gasteiger partial charge in [0.2, 0.25) is 12.5 Å². The Balaban J connectivity index is 1.49. The fraction of sp³-hybridized carbons (Fsp3) is 0.429. The Kier molecular flexibility index (Phi) is 5.15. The van der Waals surface area contributed by atoms with E-state index in [9.17, 15) is 29.0 Å². The van der Waals surface area contributed by atoms with E-state index in [1.165, 1.54) is 4.57 Å². The number of fused-ring (bicyclic) bond motifs is 7. The fourth-order valence-corrected chi connectivity index (χ4v) is 6.31. The number of amides is 1. The summed E-state index contributed by atoms with van der Waals surface area (Å²) in [6, 6.07) is 2.71. The first-order valence-electron chi connectivity index (χ1n) is 13.1. The maximum Gasteiger partial charge on any atom is 0.343 e. The van der Waals surface area contributed by atoms with Gasteiger partial charge in [0, 0.05) is 28.1 Å². The first-order chi connectivity index (χ1) is 19.1. The summed E-state index contributed by atoms with van der Waals surface area (Å²) < 4.78 is 32.9. The van der Waals surface area contributed by atoms with E-state index in [1.54, 1.807) is 19.1 Å². The average molecular weight is 552 g/mol. The minimum atomic E-state index is -2.49. The summed E-state index contributed by atoms with van der Waals surface area (Å²) in [5.41, 5.74) is -0.871. The van der Waals surface area contributed by atoms with E-state index in [0.29, 0.717) is 52.4 Å². The van der Waals surface area contributed by atoms with E-state index in [4.69, 9.17) is 19.2 Å². The number of rotatable bonds is 4. The zero-order valence-corrected chi connectivity index (χ0v) is 21.8. The molecule has 5 heterocycles. The number of benzene rings is 1. The number of pyridine rings is 2. The average Bonchev–Trinajstić information content (AvgIpc) is 3.57. The molecule has 0 radical (unpaired) electrons. The van der Waals surface area contributed by atoms with Crippen LogP contribution in [0.15, 0.2) is 16.9 Å². The monoisotopic (exact) mass is 551 g/mol. The highest BCUT2D eigenvalue weighted by Crippen LogP contribution is 2.50. The van der Waals surface area contributed by atoms with Crippen LogP contribution in [-0.2, 0) is 39.5 Å². The van der Waals surface area contributed by atoms with Crippen LogP contribution < -0.4 is 20.3 Å². The molecular weight excluding hydrogens is 525 g/mol. The van der Waals surface area contributed by atoms with Crippen molar-refractivity contribution in [1.29, 1.82) is 0 Å². The van der Waals surface area contributed by atoms with Gasteiger partial charge in [-0.1, -0.05) is 6.92 Å². The van der Waals surface area contributed by atoms with Crippen LogP contribution in [0.1, 0.15) is 60.5 Å². The van der Waals surface area contributed by atoms with Gasteiger partial charge in [-0.3, -0.25) is 9.59 Å². The maximum absolute atomic E-state index is 14.8. The van der Waals surface area contributed by atoms with Gasteiger partial charge in [0.15, 0.2) is 17.1 Å². The number of hydrogen-bond acceptors (Lipinski definition) is 9. The number of aryl methyl sites for hydroxylation is 1. The minimum absolute atomic E-state index is 0.0127. The van der Waals surface area contributed by atoms with Crippen molar-refractivity contribution >= 4 is 22.8 Å². The van der Waals surface area contributed by atoms with Crippen molar-refractivity contribution in [2.24, 2.45) is 0 Å². The highest BCUT2D eigenvalue weighted by molar-refractivity contribution is 5.96. The number of carbonyl (C=O) groups is 2. The Labute approximate surface area is 226 Å². The van der Waals surface area contributed by atoms with Crippen LogP contribution >= 0.6 is 0 Å². The molecule has 3 atom stereocenters. The van der Waals surface area contributed by atoms with Gasteiger partial charge in [-0.15, -0.1) is 0 Å². The highest BCUT2D eigenvalue weighted by atomic mass is 19.1. The van der Waals surface area contributed by atoms with Crippen molar-refractivity contribution < 1.29 is 38.4 Å². The Bertz CT molecular complexity index is 1730. The molecule has 11 nitrogen and oxygen atoms in total. The van der Waals surface area contributed by atoms with Crippen LogP contribution in [0.3, 0.4) is 0 Å². The summed E-state index contributed by atoms with van der Waals surface area (Å²) in [5.74, 6) is -0.638. The molecule has 2 aromatic heterocycles. The molecule has 3 aliphatic heterocycles. The van der Waals surface area contributed by atoms with E-state index in [-0.39, 0.29) is 37.5 Å². The smallest absolute Gasteiger partial charge is 0.343 e. The summed E-state index contributed by atoms with van der Waals surface area (Å²) in [4.78, 5) is 44.0. The van der Waals surface area contributed by atoms with Crippen LogP contribution in [0.25, 0.3) is 22.3 Å². The molecule has 40 heavy (non-hydrogen) atoms. The lowest BCUT2D eigenvalue weighted by Crippen LogP contribution is -2.46. The van der Waals surface area contributed by atoms with Gasteiger partial charge in [-0.05, 0) is 37.8 Å². The van der Waals surface area contributed by atoms with Gasteiger partial charge in [-0.2, -0.15) is 0 Å². The zero-order chi connectivity index (χ0) is 28.1. The molecule has 7 rings (SSSR count). The maximum atomic E-state index is 14.8. The predicted octanol–water partition coefficient (Wildman–Crippen LogP) is 1.63. The standard InChI is InChI=1S/C28H26FN3O8/c1-3-28(37)15-6-18-22-13(8-32(18)24(34)14(15)9-38-26(28)36)21-16(31-25(35)27(2,29)10-33)5-4-12-20(21)17(30-22)7-19-23(12)40-11-39-19/h6-7,16,33,37H,3-5,8-11H2,1-2H3,(H,31,35)/t16-,27?,28-/m0/s1. The quantitative estimate of drug-likeness (QED) is 0.322. The molecule has 3 aromatic rings. The number of aliphatic hydroxyl groups excluding tert-OH is 1. The SMILES string of the molecule is CC[C@@]1(O)C(=O)OCc2c1cc1n(c2=O)Cc2c-1nc1cc3c(c4c1c2[C@@H](NC(=O)C(C)(F)CO)CC4)OCO3. The number of halogens is 1. The normalized spacial score (nSPS) is 23.2. The van der Waals surface area contributed by atoms with Crippen molar-refractivity contribution in [3.8, 4) is 22.9 Å². The molecule has 1 aromatic carbocycles. The second kappa shape index (κ2) is 8.24. The molecule has 0 saturated carbocycles. The lowest BCUT2D eigenvalue weighted by atomic mass is 9.82. The van der Waals surface area contributed by atoms with E-state index < -0.39 is 41.4 Å². The summed E-state index contributed by atoms with van der Waals surface area (Å²) >= 11 is 0. The third kappa shape index (κ3) is 3.17. The number of nitrogens with one attached hydrogen (secondary N) is 1. The minimum Gasteiger partial charge on any atom is -0.458 e. The lowest BCUT2D eigenvalue weighted by molar-refractivity contribution is -0.172. The first kappa shape index (κ1) is 25.0. The summed E-state index contributed by atoms with van der Waals surface area (Å²) in [6.07, 6.45) is 0.914. The Morgan fingerprint density at radius 2 is 2.05 bits per heavy atom. The van der Waals surface area contributed by atoms with Crippen molar-refractivity contribution in [3.63, 3.8) is 0 Å². The van der Waals surface area contributed by atoms with Crippen LogP contribution in [-0.4, -0.2) is 50.7 Å². The topological polar surface area (TPSA) is 149 Å². The number of cyclic esters (lactones) is 1. The largest absolute Gasteiger partial charge is 0.458 e. The molecule has 4 aliphatic rings. The van der Waals surface area contributed by atoms with Crippen LogP contribution in [0.2, 0.25) is 0 Å². The first-order valence-corrected chi connectivity index (χ1v) is 13.1. The van der Waals surface area contributed by atoms with Crippen LogP contribution in [0.5, 0.6) is 11.5 Å². The number of alkyl halides is 1. The van der Waals surface area contributed by atoms with Crippen LogP contribution in [0.4, 0.5) is 4.39 Å². The number of ether oxygens (including phenoxy) is 3. The highest BCUT2D eigenvalue weighted by Gasteiger charge is 2.46. The molecule has 0 spiro atoms. The van der Waals surface area contributed by atoms with Gasteiger partial charge in [0.05, 0.1) is 41.7 Å². The summed E-state index contributed by atoms with van der Waals surface area (Å²) in [6.45, 7) is 1.59. The summed E-state index contributed by atoms with van der Waals surface area (Å²) in [5, 5.41) is 24.1. The van der Waals surface area contributed by atoms with E-state index in [1.807, 2.05) is 0 Å². The molecule has 1 amide bonds. The molecule has 0 saturated heterocycles. The zero-order valence-electron chi connectivity index (χ0n) is 21.8. The Hall–Kier alpha value is -4.03. The number of hydrogen-bond donors (Lipinski definition) is 3. The lowest BCUT2D eigenvalue weighted by Gasteiger charge is -2.31. The third-order valence-electron chi connectivity index (χ3n) is 8.56. The van der Waals surface area contributed by atoms with Gasteiger partial charge in [0.1, 0.15) is 6.61 Å². The number of esters is 1.